The van der Waals surface area contributed by atoms with E-state index in [0.29, 0.717) is 5.41 Å². The van der Waals surface area contributed by atoms with Crippen LogP contribution in [0, 0.1) is 11.3 Å². The topological polar surface area (TPSA) is 3.24 Å². The molecule has 2 heterocycles. The molecular formula is C13H25N. The standard InChI is InChI=1S/C13H25N/c1-5-14-11-6-7-12(14)9-10(8-11)13(2,3)4/h10-12H,5-9H2,1-4H3/t10?,11-,12+. The highest BCUT2D eigenvalue weighted by Crippen LogP contribution is 2.44. The van der Waals surface area contributed by atoms with E-state index in [1.165, 1.54) is 32.2 Å². The molecule has 0 aliphatic carbocycles. The maximum Gasteiger partial charge on any atom is 0.0101 e. The third kappa shape index (κ3) is 1.71. The van der Waals surface area contributed by atoms with Gasteiger partial charge in [-0.05, 0) is 43.6 Å². The van der Waals surface area contributed by atoms with Gasteiger partial charge >= 0.3 is 0 Å². The largest absolute Gasteiger partial charge is 0.298 e. The summed E-state index contributed by atoms with van der Waals surface area (Å²) in [4.78, 5) is 2.75. The van der Waals surface area contributed by atoms with Crippen LogP contribution in [0.15, 0.2) is 0 Å². The highest BCUT2D eigenvalue weighted by atomic mass is 15.2. The van der Waals surface area contributed by atoms with Crippen molar-refractivity contribution in [3.63, 3.8) is 0 Å². The summed E-state index contributed by atoms with van der Waals surface area (Å²) in [6, 6.07) is 1.84. The quantitative estimate of drug-likeness (QED) is 0.620. The minimum atomic E-state index is 0.528. The molecule has 0 radical (unpaired) electrons. The van der Waals surface area contributed by atoms with E-state index in [1.54, 1.807) is 0 Å². The Morgan fingerprint density at radius 3 is 1.93 bits per heavy atom. The van der Waals surface area contributed by atoms with Crippen molar-refractivity contribution in [2.45, 2.75) is 65.5 Å². The number of nitrogens with zero attached hydrogens (tertiary/aromatic N) is 1. The predicted molar refractivity (Wildman–Crippen MR) is 61.4 cm³/mol. The van der Waals surface area contributed by atoms with Crippen LogP contribution in [0.5, 0.6) is 0 Å². The number of fused-ring (bicyclic) bond motifs is 2. The molecule has 0 spiro atoms. The van der Waals surface area contributed by atoms with Crippen LogP contribution in [0.1, 0.15) is 53.4 Å². The summed E-state index contributed by atoms with van der Waals surface area (Å²) >= 11 is 0. The van der Waals surface area contributed by atoms with Crippen molar-refractivity contribution in [2.75, 3.05) is 6.54 Å². The van der Waals surface area contributed by atoms with Gasteiger partial charge in [0.1, 0.15) is 0 Å². The Balaban J connectivity index is 2.06. The molecular weight excluding hydrogens is 170 g/mol. The Bertz CT molecular complexity index is 190. The maximum absolute atomic E-state index is 2.75. The van der Waals surface area contributed by atoms with E-state index < -0.39 is 0 Å². The molecule has 1 heteroatoms. The molecule has 82 valence electrons. The summed E-state index contributed by atoms with van der Waals surface area (Å²) in [6.07, 6.45) is 5.83. The zero-order valence-electron chi connectivity index (χ0n) is 10.2. The number of hydrogen-bond acceptors (Lipinski definition) is 1. The summed E-state index contributed by atoms with van der Waals surface area (Å²) in [5.74, 6) is 0.961. The van der Waals surface area contributed by atoms with E-state index in [0.717, 1.165) is 18.0 Å². The Morgan fingerprint density at radius 2 is 1.57 bits per heavy atom. The predicted octanol–water partition coefficient (Wildman–Crippen LogP) is 3.30. The first-order valence-electron chi connectivity index (χ1n) is 6.28. The van der Waals surface area contributed by atoms with Crippen molar-refractivity contribution < 1.29 is 0 Å². The van der Waals surface area contributed by atoms with Crippen molar-refractivity contribution in [2.24, 2.45) is 11.3 Å². The first-order chi connectivity index (χ1) is 6.52. The Morgan fingerprint density at radius 1 is 1.07 bits per heavy atom. The van der Waals surface area contributed by atoms with E-state index in [1.807, 2.05) is 0 Å². The van der Waals surface area contributed by atoms with Gasteiger partial charge in [-0.3, -0.25) is 4.90 Å². The van der Waals surface area contributed by atoms with Gasteiger partial charge < -0.3 is 0 Å². The van der Waals surface area contributed by atoms with Gasteiger partial charge in [-0.25, -0.2) is 0 Å². The second-order valence-electron chi connectivity index (χ2n) is 6.25. The fraction of sp³-hybridized carbons (Fsp3) is 1.00. The van der Waals surface area contributed by atoms with Crippen molar-refractivity contribution >= 4 is 0 Å². The Kier molecular flexibility index (Phi) is 2.63. The third-order valence-electron chi connectivity index (χ3n) is 4.47. The third-order valence-corrected chi connectivity index (χ3v) is 4.47. The van der Waals surface area contributed by atoms with E-state index in [-0.39, 0.29) is 0 Å². The van der Waals surface area contributed by atoms with Gasteiger partial charge in [0.15, 0.2) is 0 Å². The number of rotatable bonds is 1. The van der Waals surface area contributed by atoms with E-state index in [9.17, 15) is 0 Å². The average molecular weight is 195 g/mol. The van der Waals surface area contributed by atoms with Crippen LogP contribution in [0.2, 0.25) is 0 Å². The summed E-state index contributed by atoms with van der Waals surface area (Å²) in [6.45, 7) is 10.8. The summed E-state index contributed by atoms with van der Waals surface area (Å²) in [7, 11) is 0. The first-order valence-corrected chi connectivity index (χ1v) is 6.28. The average Bonchev–Trinajstić information content (AvgIpc) is 2.32. The summed E-state index contributed by atoms with van der Waals surface area (Å²) < 4.78 is 0. The molecule has 0 amide bonds. The molecule has 1 nitrogen and oxygen atoms in total. The van der Waals surface area contributed by atoms with Crippen LogP contribution >= 0.6 is 0 Å². The zero-order valence-corrected chi connectivity index (χ0v) is 10.2. The van der Waals surface area contributed by atoms with Gasteiger partial charge in [-0.1, -0.05) is 27.7 Å². The van der Waals surface area contributed by atoms with Gasteiger partial charge in [0.25, 0.3) is 0 Å². The lowest BCUT2D eigenvalue weighted by molar-refractivity contribution is 0.0588. The molecule has 2 fully saturated rings. The highest BCUT2D eigenvalue weighted by Gasteiger charge is 2.42. The van der Waals surface area contributed by atoms with Gasteiger partial charge in [-0.15, -0.1) is 0 Å². The van der Waals surface area contributed by atoms with Crippen molar-refractivity contribution in [1.29, 1.82) is 0 Å². The minimum Gasteiger partial charge on any atom is -0.298 e. The molecule has 0 aromatic heterocycles. The van der Waals surface area contributed by atoms with Gasteiger partial charge in [0, 0.05) is 12.1 Å². The Hall–Kier alpha value is -0.0400. The molecule has 0 saturated carbocycles. The SMILES string of the molecule is CCN1[C@@H]2CC[C@H]1CC(C(C)(C)C)C2. The molecule has 0 aromatic rings. The van der Waals surface area contributed by atoms with Gasteiger partial charge in [-0.2, -0.15) is 0 Å². The van der Waals surface area contributed by atoms with Crippen LogP contribution in [0.3, 0.4) is 0 Å². The normalized spacial score (nSPS) is 39.0. The monoisotopic (exact) mass is 195 g/mol. The molecule has 1 unspecified atom stereocenters. The van der Waals surface area contributed by atoms with Crippen molar-refractivity contribution in [3.05, 3.63) is 0 Å². The van der Waals surface area contributed by atoms with E-state index >= 15 is 0 Å². The molecule has 2 saturated heterocycles. The smallest absolute Gasteiger partial charge is 0.0101 e. The van der Waals surface area contributed by atoms with E-state index in [4.69, 9.17) is 0 Å². The minimum absolute atomic E-state index is 0.528. The molecule has 14 heavy (non-hydrogen) atoms. The Labute approximate surface area is 88.9 Å². The molecule has 0 aromatic carbocycles. The lowest BCUT2D eigenvalue weighted by Gasteiger charge is -2.43. The fourth-order valence-electron chi connectivity index (χ4n) is 3.50. The van der Waals surface area contributed by atoms with Crippen molar-refractivity contribution in [1.82, 2.24) is 4.90 Å². The van der Waals surface area contributed by atoms with Gasteiger partial charge in [0.2, 0.25) is 0 Å². The fourth-order valence-corrected chi connectivity index (χ4v) is 3.50. The summed E-state index contributed by atoms with van der Waals surface area (Å²) in [5, 5.41) is 0. The number of piperidine rings is 1. The molecule has 3 atom stereocenters. The molecule has 2 bridgehead atoms. The van der Waals surface area contributed by atoms with Gasteiger partial charge in [0.05, 0.1) is 0 Å². The van der Waals surface area contributed by atoms with Crippen molar-refractivity contribution in [3.8, 4) is 0 Å². The molecule has 2 rings (SSSR count). The molecule has 2 aliphatic heterocycles. The maximum atomic E-state index is 2.75. The second-order valence-corrected chi connectivity index (χ2v) is 6.25. The highest BCUT2D eigenvalue weighted by molar-refractivity contribution is 4.97. The lowest BCUT2D eigenvalue weighted by atomic mass is 9.73. The zero-order chi connectivity index (χ0) is 10.3. The second kappa shape index (κ2) is 3.52. The van der Waals surface area contributed by atoms with Crippen LogP contribution in [0.4, 0.5) is 0 Å². The number of hydrogen-bond donors (Lipinski definition) is 0. The van der Waals surface area contributed by atoms with E-state index in [2.05, 4.69) is 32.6 Å². The van der Waals surface area contributed by atoms with Crippen LogP contribution in [0.25, 0.3) is 0 Å². The molecule has 2 aliphatic rings. The lowest BCUT2D eigenvalue weighted by Crippen LogP contribution is -2.45. The first kappa shape index (κ1) is 10.5. The van der Waals surface area contributed by atoms with Crippen LogP contribution in [-0.4, -0.2) is 23.5 Å². The molecule has 0 N–H and O–H groups in total. The van der Waals surface area contributed by atoms with Crippen LogP contribution < -0.4 is 0 Å². The summed E-state index contributed by atoms with van der Waals surface area (Å²) in [5.41, 5.74) is 0.528. The van der Waals surface area contributed by atoms with Crippen LogP contribution in [-0.2, 0) is 0 Å².